The Labute approximate surface area is 90.9 Å². The lowest BCUT2D eigenvalue weighted by Gasteiger charge is -2.26. The lowest BCUT2D eigenvalue weighted by molar-refractivity contribution is -0.122. The van der Waals surface area contributed by atoms with Gasteiger partial charge in [-0.3, -0.25) is 10.2 Å². The number of nitrogens with two attached hydrogens (primary N) is 1. The normalized spacial score (nSPS) is 23.1. The van der Waals surface area contributed by atoms with E-state index < -0.39 is 0 Å². The zero-order valence-corrected chi connectivity index (χ0v) is 9.53. The second kappa shape index (κ2) is 6.05. The molecule has 0 aromatic rings. The Morgan fingerprint density at radius 3 is 3.00 bits per heavy atom. The molecule has 1 saturated heterocycles. The number of hydrogen-bond donors (Lipinski definition) is 2. The third-order valence-corrected chi connectivity index (χ3v) is 2.91. The number of nitrogens with one attached hydrogen (secondary N) is 1. The average Bonchev–Trinajstić information content (AvgIpc) is 2.70. The molecule has 5 heteroatoms. The van der Waals surface area contributed by atoms with Crippen LogP contribution < -0.4 is 11.3 Å². The second-order valence-electron chi connectivity index (χ2n) is 4.20. The number of nitrogens with zero attached hydrogens (tertiary/aromatic N) is 1. The fourth-order valence-electron chi connectivity index (χ4n) is 1.77. The number of amides is 1. The Hall–Kier alpha value is -0.650. The summed E-state index contributed by atoms with van der Waals surface area (Å²) in [5, 5.41) is 0. The van der Waals surface area contributed by atoms with Gasteiger partial charge in [-0.2, -0.15) is 0 Å². The van der Waals surface area contributed by atoms with E-state index in [1.807, 2.05) is 14.0 Å². The molecule has 15 heavy (non-hydrogen) atoms. The van der Waals surface area contributed by atoms with Crippen molar-refractivity contribution in [1.29, 1.82) is 0 Å². The highest BCUT2D eigenvalue weighted by Crippen LogP contribution is 2.14. The van der Waals surface area contributed by atoms with Crippen LogP contribution in [0, 0.1) is 0 Å². The predicted octanol–water partition coefficient (Wildman–Crippen LogP) is -0.134. The molecule has 0 aliphatic carbocycles. The highest BCUT2D eigenvalue weighted by atomic mass is 16.5. The molecule has 1 fully saturated rings. The zero-order valence-electron chi connectivity index (χ0n) is 9.53. The van der Waals surface area contributed by atoms with Crippen molar-refractivity contribution in [2.45, 2.75) is 38.3 Å². The summed E-state index contributed by atoms with van der Waals surface area (Å²) in [5.41, 5.74) is 2.15. The van der Waals surface area contributed by atoms with Crippen LogP contribution in [-0.4, -0.2) is 43.2 Å². The first-order chi connectivity index (χ1) is 7.13. The standard InChI is InChI=1S/C10H21N3O2/c1-8(6-10(14)12-11)13(2)7-9-4-3-5-15-9/h8-9H,3-7,11H2,1-2H3,(H,12,14). The monoisotopic (exact) mass is 215 g/mol. The maximum atomic E-state index is 11.1. The number of ether oxygens (including phenoxy) is 1. The highest BCUT2D eigenvalue weighted by Gasteiger charge is 2.20. The second-order valence-corrected chi connectivity index (χ2v) is 4.20. The molecule has 2 unspecified atom stereocenters. The summed E-state index contributed by atoms with van der Waals surface area (Å²) in [6.45, 7) is 3.78. The molecule has 0 saturated carbocycles. The predicted molar refractivity (Wildman–Crippen MR) is 58.0 cm³/mol. The lowest BCUT2D eigenvalue weighted by atomic mass is 10.1. The summed E-state index contributed by atoms with van der Waals surface area (Å²) in [6, 6.07) is 0.192. The van der Waals surface area contributed by atoms with Crippen molar-refractivity contribution in [3.8, 4) is 0 Å². The molecule has 0 bridgehead atoms. The first-order valence-electron chi connectivity index (χ1n) is 5.44. The minimum Gasteiger partial charge on any atom is -0.377 e. The third-order valence-electron chi connectivity index (χ3n) is 2.91. The summed E-state index contributed by atoms with van der Waals surface area (Å²) in [5.74, 6) is 4.92. The van der Waals surface area contributed by atoms with Gasteiger partial charge in [0.2, 0.25) is 5.91 Å². The van der Waals surface area contributed by atoms with Crippen LogP contribution in [0.5, 0.6) is 0 Å². The third kappa shape index (κ3) is 4.15. The van der Waals surface area contributed by atoms with Crippen LogP contribution in [0.3, 0.4) is 0 Å². The van der Waals surface area contributed by atoms with E-state index >= 15 is 0 Å². The van der Waals surface area contributed by atoms with Crippen LogP contribution >= 0.6 is 0 Å². The Bertz CT molecular complexity index is 205. The van der Waals surface area contributed by atoms with Gasteiger partial charge >= 0.3 is 0 Å². The largest absolute Gasteiger partial charge is 0.377 e. The van der Waals surface area contributed by atoms with E-state index in [1.165, 1.54) is 0 Å². The molecule has 1 aliphatic heterocycles. The number of carbonyl (C=O) groups excluding carboxylic acids is 1. The van der Waals surface area contributed by atoms with Gasteiger partial charge in [0.25, 0.3) is 0 Å². The van der Waals surface area contributed by atoms with Gasteiger partial charge in [-0.15, -0.1) is 0 Å². The van der Waals surface area contributed by atoms with Crippen LogP contribution in [0.1, 0.15) is 26.2 Å². The van der Waals surface area contributed by atoms with E-state index in [0.29, 0.717) is 12.5 Å². The SMILES string of the molecule is CC(CC(=O)NN)N(C)CC1CCCO1. The molecular weight excluding hydrogens is 194 g/mol. The van der Waals surface area contributed by atoms with E-state index in [-0.39, 0.29) is 11.9 Å². The van der Waals surface area contributed by atoms with Gasteiger partial charge in [-0.1, -0.05) is 0 Å². The molecule has 1 rings (SSSR count). The Morgan fingerprint density at radius 1 is 1.73 bits per heavy atom. The molecule has 1 aliphatic rings. The van der Waals surface area contributed by atoms with Gasteiger partial charge in [-0.25, -0.2) is 5.84 Å². The zero-order chi connectivity index (χ0) is 11.3. The van der Waals surface area contributed by atoms with Gasteiger partial charge in [0.1, 0.15) is 0 Å². The summed E-state index contributed by atoms with van der Waals surface area (Å²) in [4.78, 5) is 13.2. The first kappa shape index (κ1) is 12.4. The summed E-state index contributed by atoms with van der Waals surface area (Å²) >= 11 is 0. The van der Waals surface area contributed by atoms with Crippen LogP contribution in [-0.2, 0) is 9.53 Å². The number of hydrazine groups is 1. The topological polar surface area (TPSA) is 67.6 Å². The summed E-state index contributed by atoms with van der Waals surface area (Å²) in [7, 11) is 2.01. The molecule has 3 N–H and O–H groups in total. The fraction of sp³-hybridized carbons (Fsp3) is 0.900. The Kier molecular flexibility index (Phi) is 5.01. The quantitative estimate of drug-likeness (QED) is 0.381. The molecule has 1 amide bonds. The average molecular weight is 215 g/mol. The molecule has 88 valence electrons. The molecule has 0 radical (unpaired) electrons. The van der Waals surface area contributed by atoms with E-state index in [4.69, 9.17) is 10.6 Å². The van der Waals surface area contributed by atoms with Crippen LogP contribution in [0.4, 0.5) is 0 Å². The molecule has 0 aromatic heterocycles. The lowest BCUT2D eigenvalue weighted by Crippen LogP contribution is -2.40. The number of carbonyl (C=O) groups is 1. The highest BCUT2D eigenvalue weighted by molar-refractivity contribution is 5.75. The van der Waals surface area contributed by atoms with Crippen molar-refractivity contribution < 1.29 is 9.53 Å². The number of rotatable bonds is 5. The van der Waals surface area contributed by atoms with Crippen molar-refractivity contribution in [3.63, 3.8) is 0 Å². The first-order valence-corrected chi connectivity index (χ1v) is 5.44. The van der Waals surface area contributed by atoms with E-state index in [0.717, 1.165) is 26.0 Å². The van der Waals surface area contributed by atoms with Crippen molar-refractivity contribution >= 4 is 5.91 Å². The van der Waals surface area contributed by atoms with Crippen molar-refractivity contribution in [1.82, 2.24) is 10.3 Å². The maximum Gasteiger partial charge on any atom is 0.235 e. The van der Waals surface area contributed by atoms with Crippen LogP contribution in [0.25, 0.3) is 0 Å². The minimum absolute atomic E-state index is 0.123. The van der Waals surface area contributed by atoms with Gasteiger partial charge < -0.3 is 9.64 Å². The van der Waals surface area contributed by atoms with Gasteiger partial charge in [0.15, 0.2) is 0 Å². The van der Waals surface area contributed by atoms with Crippen LogP contribution in [0.15, 0.2) is 0 Å². The molecule has 2 atom stereocenters. The van der Waals surface area contributed by atoms with Crippen LogP contribution in [0.2, 0.25) is 0 Å². The maximum absolute atomic E-state index is 11.1. The van der Waals surface area contributed by atoms with Crippen molar-refractivity contribution in [2.24, 2.45) is 5.84 Å². The smallest absolute Gasteiger partial charge is 0.235 e. The molecule has 0 aromatic carbocycles. The number of hydrogen-bond acceptors (Lipinski definition) is 4. The molecule has 5 nitrogen and oxygen atoms in total. The minimum atomic E-state index is -0.123. The molecule has 1 heterocycles. The molecular formula is C10H21N3O2. The Balaban J connectivity index is 2.25. The van der Waals surface area contributed by atoms with Crippen molar-refractivity contribution in [3.05, 3.63) is 0 Å². The summed E-state index contributed by atoms with van der Waals surface area (Å²) < 4.78 is 5.54. The van der Waals surface area contributed by atoms with Gasteiger partial charge in [-0.05, 0) is 26.8 Å². The van der Waals surface area contributed by atoms with Gasteiger partial charge in [0.05, 0.1) is 6.10 Å². The number of likely N-dealkylation sites (N-methyl/N-ethyl adjacent to an activating group) is 1. The Morgan fingerprint density at radius 2 is 2.47 bits per heavy atom. The van der Waals surface area contributed by atoms with E-state index in [1.54, 1.807) is 0 Å². The summed E-state index contributed by atoms with van der Waals surface area (Å²) in [6.07, 6.45) is 3.04. The van der Waals surface area contributed by atoms with Gasteiger partial charge in [0, 0.05) is 25.6 Å². The fourth-order valence-corrected chi connectivity index (χ4v) is 1.77. The molecule has 0 spiro atoms. The van der Waals surface area contributed by atoms with Crippen molar-refractivity contribution in [2.75, 3.05) is 20.2 Å². The van der Waals surface area contributed by atoms with E-state index in [9.17, 15) is 4.79 Å². The van der Waals surface area contributed by atoms with E-state index in [2.05, 4.69) is 10.3 Å².